The van der Waals surface area contributed by atoms with Gasteiger partial charge in [-0.1, -0.05) is 11.6 Å². The van der Waals surface area contributed by atoms with Crippen molar-refractivity contribution in [3.8, 4) is 0 Å². The summed E-state index contributed by atoms with van der Waals surface area (Å²) in [5.74, 6) is -1.20. The molecule has 4 rings (SSSR count). The van der Waals surface area contributed by atoms with E-state index in [9.17, 15) is 9.59 Å². The highest BCUT2D eigenvalue weighted by Crippen LogP contribution is 2.35. The Bertz CT molecular complexity index is 961. The number of carbonyl (C=O) groups is 3. The van der Waals surface area contributed by atoms with Gasteiger partial charge in [-0.25, -0.2) is 19.7 Å². The zero-order valence-corrected chi connectivity index (χ0v) is 17.7. The van der Waals surface area contributed by atoms with Crippen LogP contribution in [0.15, 0.2) is 30.7 Å². The van der Waals surface area contributed by atoms with Crippen LogP contribution in [0.25, 0.3) is 0 Å². The number of nitrogens with zero attached hydrogens (tertiary/aromatic N) is 6. The van der Waals surface area contributed by atoms with E-state index < -0.39 is 24.2 Å². The Morgan fingerprint density at radius 2 is 1.77 bits per heavy atom. The van der Waals surface area contributed by atoms with E-state index in [4.69, 9.17) is 26.2 Å². The third-order valence-corrected chi connectivity index (χ3v) is 4.77. The molecular weight excluding hydrogens is 428 g/mol. The lowest BCUT2D eigenvalue weighted by molar-refractivity contribution is -0.302. The molecule has 2 aromatic heterocycles. The first-order valence-electron chi connectivity index (χ1n) is 9.35. The van der Waals surface area contributed by atoms with E-state index in [0.717, 1.165) is 20.0 Å². The van der Waals surface area contributed by atoms with Gasteiger partial charge in [0, 0.05) is 50.7 Å². The van der Waals surface area contributed by atoms with Gasteiger partial charge in [0.15, 0.2) is 5.69 Å². The average molecular weight is 448 g/mol. The summed E-state index contributed by atoms with van der Waals surface area (Å²) in [6.45, 7) is 3.61. The summed E-state index contributed by atoms with van der Waals surface area (Å²) in [6.07, 6.45) is 2.78. The molecule has 1 saturated heterocycles. The van der Waals surface area contributed by atoms with Gasteiger partial charge < -0.3 is 24.4 Å². The fraction of sp³-hybridized carbons (Fsp3) is 0.368. The number of aliphatic carboxylic acids is 1. The van der Waals surface area contributed by atoms with E-state index in [1.54, 1.807) is 17.0 Å². The number of piperazine rings is 1. The lowest BCUT2D eigenvalue weighted by Crippen LogP contribution is -2.48. The number of likely N-dealkylation sites (N-methyl/N-ethyl adjacent to an activating group) is 1. The largest absolute Gasteiger partial charge is 0.550 e. The predicted molar refractivity (Wildman–Crippen MR) is 107 cm³/mol. The Morgan fingerprint density at radius 1 is 1.13 bits per heavy atom. The number of anilines is 1. The summed E-state index contributed by atoms with van der Waals surface area (Å²) in [4.78, 5) is 51.9. The highest BCUT2D eigenvalue weighted by molar-refractivity contribution is 6.30. The summed E-state index contributed by atoms with van der Waals surface area (Å²) < 4.78 is 5.68. The van der Waals surface area contributed by atoms with Crippen molar-refractivity contribution in [2.45, 2.75) is 13.2 Å². The fourth-order valence-electron chi connectivity index (χ4n) is 3.04. The van der Waals surface area contributed by atoms with Gasteiger partial charge in [0.05, 0.1) is 5.02 Å². The van der Waals surface area contributed by atoms with Crippen LogP contribution in [0.1, 0.15) is 29.3 Å². The van der Waals surface area contributed by atoms with Crippen LogP contribution in [0, 0.1) is 0 Å². The maximum Gasteiger partial charge on any atom is 0.412 e. The molecule has 4 heterocycles. The molecule has 11 nitrogen and oxygen atoms in total. The number of rotatable bonds is 2. The molecule has 0 aliphatic carbocycles. The minimum atomic E-state index is -1.08. The standard InChI is InChI=1S/C17H17ClN6O3.C2H4O2/c1-22-6-8-23(9-7-22)17(26)27-16-14-13(19-4-5-20-14)15(25)24(16)12-3-2-11(18)10-21-12;1-2(3)4/h2-5,10,16H,6-9H2,1H3;1H3,(H,3,4)/p-1. The number of pyridine rings is 1. The van der Waals surface area contributed by atoms with Crippen molar-refractivity contribution in [2.24, 2.45) is 0 Å². The molecule has 0 radical (unpaired) electrons. The van der Waals surface area contributed by atoms with E-state index in [1.165, 1.54) is 23.5 Å². The number of aromatic nitrogens is 3. The fourth-order valence-corrected chi connectivity index (χ4v) is 3.15. The lowest BCUT2D eigenvalue weighted by atomic mass is 10.3. The van der Waals surface area contributed by atoms with E-state index in [0.29, 0.717) is 29.6 Å². The zero-order valence-electron chi connectivity index (χ0n) is 16.9. The molecular formula is C19H20ClN6O5-. The number of hydrogen-bond acceptors (Lipinski definition) is 9. The Kier molecular flexibility index (Phi) is 6.98. The van der Waals surface area contributed by atoms with Crippen LogP contribution < -0.4 is 10.0 Å². The van der Waals surface area contributed by atoms with Crippen LogP contribution in [-0.4, -0.2) is 75.9 Å². The molecule has 1 unspecified atom stereocenters. The molecule has 0 N–H and O–H groups in total. The van der Waals surface area contributed by atoms with Gasteiger partial charge in [0.1, 0.15) is 11.5 Å². The monoisotopic (exact) mass is 447 g/mol. The Hall–Kier alpha value is -3.31. The van der Waals surface area contributed by atoms with Crippen LogP contribution in [0.2, 0.25) is 5.02 Å². The number of carboxylic acid groups (broad SMARTS) is 1. The van der Waals surface area contributed by atoms with Crippen LogP contribution in [0.5, 0.6) is 0 Å². The predicted octanol–water partition coefficient (Wildman–Crippen LogP) is 0.324. The summed E-state index contributed by atoms with van der Waals surface area (Å²) in [5, 5.41) is 9.32. The summed E-state index contributed by atoms with van der Waals surface area (Å²) in [5.41, 5.74) is 0.437. The van der Waals surface area contributed by atoms with Crippen LogP contribution in [0.4, 0.5) is 10.6 Å². The zero-order chi connectivity index (χ0) is 22.5. The first kappa shape index (κ1) is 22.4. The number of carboxylic acids is 1. The summed E-state index contributed by atoms with van der Waals surface area (Å²) in [6, 6.07) is 3.20. The first-order valence-corrected chi connectivity index (χ1v) is 9.73. The van der Waals surface area contributed by atoms with Gasteiger partial charge >= 0.3 is 6.09 Å². The molecule has 0 bridgehead atoms. The van der Waals surface area contributed by atoms with Gasteiger partial charge in [0.2, 0.25) is 6.23 Å². The topological polar surface area (TPSA) is 132 Å². The van der Waals surface area contributed by atoms with Crippen molar-refractivity contribution in [1.82, 2.24) is 24.8 Å². The van der Waals surface area contributed by atoms with Crippen LogP contribution in [-0.2, 0) is 9.53 Å². The second kappa shape index (κ2) is 9.67. The maximum absolute atomic E-state index is 12.8. The number of amides is 2. The van der Waals surface area contributed by atoms with Crippen LogP contribution in [0.3, 0.4) is 0 Å². The number of carbonyl (C=O) groups excluding carboxylic acids is 3. The van der Waals surface area contributed by atoms with E-state index in [1.807, 2.05) is 7.05 Å². The van der Waals surface area contributed by atoms with Gasteiger partial charge in [-0.3, -0.25) is 9.78 Å². The normalized spacial score (nSPS) is 18.2. The highest BCUT2D eigenvalue weighted by Gasteiger charge is 2.44. The Morgan fingerprint density at radius 3 is 2.39 bits per heavy atom. The Balaban J connectivity index is 0.000000628. The Labute approximate surface area is 183 Å². The molecule has 1 fully saturated rings. The van der Waals surface area contributed by atoms with Gasteiger partial charge in [-0.05, 0) is 26.1 Å². The third kappa shape index (κ3) is 5.25. The van der Waals surface area contributed by atoms with Crippen LogP contribution >= 0.6 is 11.6 Å². The molecule has 0 aromatic carbocycles. The smallest absolute Gasteiger partial charge is 0.412 e. The van der Waals surface area contributed by atoms with Crippen molar-refractivity contribution in [1.29, 1.82) is 0 Å². The van der Waals surface area contributed by atoms with E-state index >= 15 is 0 Å². The van der Waals surface area contributed by atoms with E-state index in [-0.39, 0.29) is 5.69 Å². The van der Waals surface area contributed by atoms with Crippen molar-refractivity contribution in [2.75, 3.05) is 38.1 Å². The number of hydrogen-bond donors (Lipinski definition) is 0. The second-order valence-corrected chi connectivity index (χ2v) is 7.25. The molecule has 0 spiro atoms. The van der Waals surface area contributed by atoms with Crippen molar-refractivity contribution in [3.05, 3.63) is 47.1 Å². The molecule has 164 valence electrons. The second-order valence-electron chi connectivity index (χ2n) is 6.82. The van der Waals surface area contributed by atoms with Gasteiger partial charge in [0.25, 0.3) is 5.91 Å². The molecule has 1 atom stereocenters. The molecule has 2 aliphatic heterocycles. The SMILES string of the molecule is CC(=O)[O-].CN1CCN(C(=O)OC2c3nccnc3C(=O)N2c2ccc(Cl)cn2)CC1. The van der Waals surface area contributed by atoms with Crippen molar-refractivity contribution >= 4 is 35.4 Å². The molecule has 2 aromatic rings. The minimum absolute atomic E-state index is 0.144. The summed E-state index contributed by atoms with van der Waals surface area (Å²) in [7, 11) is 2.00. The molecule has 12 heteroatoms. The van der Waals surface area contributed by atoms with Crippen molar-refractivity contribution in [3.63, 3.8) is 0 Å². The lowest BCUT2D eigenvalue weighted by Gasteiger charge is -2.33. The van der Waals surface area contributed by atoms with Crippen molar-refractivity contribution < 1.29 is 24.2 Å². The molecule has 2 aliphatic rings. The molecule has 31 heavy (non-hydrogen) atoms. The highest BCUT2D eigenvalue weighted by atomic mass is 35.5. The van der Waals surface area contributed by atoms with Gasteiger partial charge in [-0.15, -0.1) is 0 Å². The molecule has 0 saturated carbocycles. The average Bonchev–Trinajstić information content (AvgIpc) is 3.01. The third-order valence-electron chi connectivity index (χ3n) is 4.55. The quantitative estimate of drug-likeness (QED) is 0.638. The number of halogens is 1. The number of ether oxygens (including phenoxy) is 1. The first-order chi connectivity index (χ1) is 14.8. The summed E-state index contributed by atoms with van der Waals surface area (Å²) >= 11 is 5.89. The van der Waals surface area contributed by atoms with Gasteiger partial charge in [-0.2, -0.15) is 0 Å². The maximum atomic E-state index is 12.8. The minimum Gasteiger partial charge on any atom is -0.550 e. The van der Waals surface area contributed by atoms with E-state index in [2.05, 4.69) is 19.9 Å². The molecule has 2 amide bonds. The number of fused-ring (bicyclic) bond motifs is 1.